The molecule has 0 saturated heterocycles. The molecular weight excluding hydrogens is 191 g/mol. The van der Waals surface area contributed by atoms with E-state index in [9.17, 15) is 4.39 Å². The molecule has 1 aliphatic carbocycles. The highest BCUT2D eigenvalue weighted by molar-refractivity contribution is 5.43. The minimum atomic E-state index is -0.194. The normalized spacial score (nSPS) is 26.3. The zero-order chi connectivity index (χ0) is 10.7. The van der Waals surface area contributed by atoms with Gasteiger partial charge in [0.2, 0.25) is 0 Å². The quantitative estimate of drug-likeness (QED) is 0.783. The molecule has 0 radical (unpaired) electrons. The minimum absolute atomic E-state index is 0.194. The monoisotopic (exact) mass is 208 g/mol. The van der Waals surface area contributed by atoms with Crippen molar-refractivity contribution >= 4 is 5.69 Å². The third kappa shape index (κ3) is 2.93. The first-order valence-electron chi connectivity index (χ1n) is 5.52. The molecule has 0 spiro atoms. The zero-order valence-corrected chi connectivity index (χ0v) is 8.75. The van der Waals surface area contributed by atoms with Crippen LogP contribution >= 0.6 is 0 Å². The molecule has 0 aliphatic heterocycles. The van der Waals surface area contributed by atoms with Crippen LogP contribution in [0.2, 0.25) is 0 Å². The third-order valence-corrected chi connectivity index (χ3v) is 2.93. The number of halogens is 1. The van der Waals surface area contributed by atoms with Crippen molar-refractivity contribution in [2.75, 3.05) is 5.32 Å². The van der Waals surface area contributed by atoms with Crippen LogP contribution in [-0.4, -0.2) is 12.1 Å². The van der Waals surface area contributed by atoms with Crippen molar-refractivity contribution in [2.45, 2.75) is 37.8 Å². The van der Waals surface area contributed by atoms with Crippen molar-refractivity contribution in [3.63, 3.8) is 0 Å². The van der Waals surface area contributed by atoms with Gasteiger partial charge in [-0.3, -0.25) is 0 Å². The number of anilines is 1. The summed E-state index contributed by atoms with van der Waals surface area (Å²) in [6.45, 7) is 0. The van der Waals surface area contributed by atoms with E-state index in [4.69, 9.17) is 5.73 Å². The van der Waals surface area contributed by atoms with E-state index in [2.05, 4.69) is 5.32 Å². The highest BCUT2D eigenvalue weighted by Gasteiger charge is 2.18. The van der Waals surface area contributed by atoms with E-state index in [-0.39, 0.29) is 5.82 Å². The molecule has 1 saturated carbocycles. The molecule has 2 atom stereocenters. The highest BCUT2D eigenvalue weighted by Crippen LogP contribution is 2.21. The maximum Gasteiger partial charge on any atom is 0.123 e. The van der Waals surface area contributed by atoms with Gasteiger partial charge < -0.3 is 11.1 Å². The molecule has 2 rings (SSSR count). The Labute approximate surface area is 89.7 Å². The highest BCUT2D eigenvalue weighted by atomic mass is 19.1. The van der Waals surface area contributed by atoms with Crippen molar-refractivity contribution in [3.05, 3.63) is 30.1 Å². The van der Waals surface area contributed by atoms with E-state index in [0.29, 0.717) is 12.1 Å². The third-order valence-electron chi connectivity index (χ3n) is 2.93. The Morgan fingerprint density at radius 1 is 1.20 bits per heavy atom. The van der Waals surface area contributed by atoms with Crippen molar-refractivity contribution < 1.29 is 4.39 Å². The predicted molar refractivity (Wildman–Crippen MR) is 60.3 cm³/mol. The van der Waals surface area contributed by atoms with Crippen LogP contribution in [-0.2, 0) is 0 Å². The molecule has 0 heterocycles. The van der Waals surface area contributed by atoms with E-state index >= 15 is 0 Å². The molecule has 1 fully saturated rings. The van der Waals surface area contributed by atoms with Crippen LogP contribution < -0.4 is 11.1 Å². The summed E-state index contributed by atoms with van der Waals surface area (Å²) in [5.41, 5.74) is 6.88. The second-order valence-corrected chi connectivity index (χ2v) is 4.27. The number of benzene rings is 1. The van der Waals surface area contributed by atoms with Gasteiger partial charge in [-0.15, -0.1) is 0 Å². The molecule has 0 amide bonds. The number of rotatable bonds is 2. The molecule has 3 N–H and O–H groups in total. The molecule has 1 aliphatic rings. The molecule has 2 nitrogen and oxygen atoms in total. The predicted octanol–water partition coefficient (Wildman–Crippen LogP) is 2.51. The molecule has 0 aromatic heterocycles. The fourth-order valence-corrected chi connectivity index (χ4v) is 2.14. The number of nitrogens with one attached hydrogen (secondary N) is 1. The van der Waals surface area contributed by atoms with Crippen molar-refractivity contribution in [1.29, 1.82) is 0 Å². The van der Waals surface area contributed by atoms with Gasteiger partial charge in [0, 0.05) is 17.8 Å². The summed E-state index contributed by atoms with van der Waals surface area (Å²) in [6, 6.07) is 7.26. The van der Waals surface area contributed by atoms with Crippen LogP contribution in [0.5, 0.6) is 0 Å². The van der Waals surface area contributed by atoms with Crippen LogP contribution in [0.4, 0.5) is 10.1 Å². The summed E-state index contributed by atoms with van der Waals surface area (Å²) >= 11 is 0. The molecule has 1 aromatic rings. The second-order valence-electron chi connectivity index (χ2n) is 4.27. The first-order valence-corrected chi connectivity index (χ1v) is 5.52. The van der Waals surface area contributed by atoms with E-state index in [1.54, 1.807) is 12.1 Å². The van der Waals surface area contributed by atoms with Gasteiger partial charge in [-0.25, -0.2) is 4.39 Å². The van der Waals surface area contributed by atoms with Crippen LogP contribution in [0.15, 0.2) is 24.3 Å². The van der Waals surface area contributed by atoms with Gasteiger partial charge in [0.25, 0.3) is 0 Å². The lowest BCUT2D eigenvalue weighted by Crippen LogP contribution is -2.34. The largest absolute Gasteiger partial charge is 0.382 e. The molecule has 0 bridgehead atoms. The molecule has 82 valence electrons. The first kappa shape index (κ1) is 10.4. The Hall–Kier alpha value is -1.09. The summed E-state index contributed by atoms with van der Waals surface area (Å²) in [6.07, 6.45) is 4.48. The maximum absolute atomic E-state index is 12.7. The molecular formula is C12H17FN2. The molecule has 3 heteroatoms. The SMILES string of the molecule is NC1CCCC(Nc2ccc(F)cc2)C1. The Balaban J connectivity index is 1.93. The Morgan fingerprint density at radius 3 is 2.60 bits per heavy atom. The topological polar surface area (TPSA) is 38.0 Å². The first-order chi connectivity index (χ1) is 7.24. The van der Waals surface area contributed by atoms with Gasteiger partial charge in [-0.1, -0.05) is 0 Å². The Morgan fingerprint density at radius 2 is 1.93 bits per heavy atom. The van der Waals surface area contributed by atoms with Crippen molar-refractivity contribution in [2.24, 2.45) is 5.73 Å². The number of nitrogens with two attached hydrogens (primary N) is 1. The van der Waals surface area contributed by atoms with Gasteiger partial charge in [0.15, 0.2) is 0 Å². The van der Waals surface area contributed by atoms with Gasteiger partial charge in [0.1, 0.15) is 5.82 Å². The van der Waals surface area contributed by atoms with Crippen LogP contribution in [0, 0.1) is 5.82 Å². The lowest BCUT2D eigenvalue weighted by molar-refractivity contribution is 0.409. The smallest absolute Gasteiger partial charge is 0.123 e. The van der Waals surface area contributed by atoms with Crippen molar-refractivity contribution in [1.82, 2.24) is 0 Å². The maximum atomic E-state index is 12.7. The van der Waals surface area contributed by atoms with E-state index in [0.717, 1.165) is 24.9 Å². The van der Waals surface area contributed by atoms with Gasteiger partial charge in [-0.2, -0.15) is 0 Å². The van der Waals surface area contributed by atoms with Crippen molar-refractivity contribution in [3.8, 4) is 0 Å². The van der Waals surface area contributed by atoms with E-state index in [1.165, 1.54) is 18.6 Å². The number of hydrogen-bond acceptors (Lipinski definition) is 2. The number of hydrogen-bond donors (Lipinski definition) is 2. The summed E-state index contributed by atoms with van der Waals surface area (Å²) in [4.78, 5) is 0. The van der Waals surface area contributed by atoms with E-state index in [1.807, 2.05) is 0 Å². The fraction of sp³-hybridized carbons (Fsp3) is 0.500. The molecule has 1 aromatic carbocycles. The fourth-order valence-electron chi connectivity index (χ4n) is 2.14. The minimum Gasteiger partial charge on any atom is -0.382 e. The average molecular weight is 208 g/mol. The summed E-state index contributed by atoms with van der Waals surface area (Å²) in [7, 11) is 0. The summed E-state index contributed by atoms with van der Waals surface area (Å²) in [5, 5.41) is 3.39. The van der Waals surface area contributed by atoms with Crippen LogP contribution in [0.3, 0.4) is 0 Å². The molecule has 15 heavy (non-hydrogen) atoms. The van der Waals surface area contributed by atoms with E-state index < -0.39 is 0 Å². The van der Waals surface area contributed by atoms with Crippen LogP contribution in [0.25, 0.3) is 0 Å². The standard InChI is InChI=1S/C12H17FN2/c13-9-4-6-11(7-5-9)15-12-3-1-2-10(14)8-12/h4-7,10,12,15H,1-3,8,14H2. The molecule has 2 unspecified atom stereocenters. The second kappa shape index (κ2) is 4.62. The zero-order valence-electron chi connectivity index (χ0n) is 8.75. The Kier molecular flexibility index (Phi) is 3.21. The van der Waals surface area contributed by atoms with Gasteiger partial charge >= 0.3 is 0 Å². The Bertz CT molecular complexity index is 310. The van der Waals surface area contributed by atoms with Crippen LogP contribution in [0.1, 0.15) is 25.7 Å². The summed E-state index contributed by atoms with van der Waals surface area (Å²) < 4.78 is 12.7. The lowest BCUT2D eigenvalue weighted by Gasteiger charge is -2.28. The lowest BCUT2D eigenvalue weighted by atomic mass is 9.91. The van der Waals surface area contributed by atoms with Gasteiger partial charge in [-0.05, 0) is 49.9 Å². The summed E-state index contributed by atoms with van der Waals surface area (Å²) in [5.74, 6) is -0.194. The van der Waals surface area contributed by atoms with Gasteiger partial charge in [0.05, 0.1) is 0 Å². The average Bonchev–Trinajstić information content (AvgIpc) is 2.22.